The van der Waals surface area contributed by atoms with E-state index in [1.165, 1.54) is 0 Å². The second-order valence-electron chi connectivity index (χ2n) is 6.70. The maximum absolute atomic E-state index is 11.6. The van der Waals surface area contributed by atoms with E-state index in [-0.39, 0.29) is 12.0 Å². The van der Waals surface area contributed by atoms with Crippen LogP contribution in [0.5, 0.6) is 11.5 Å². The number of hydrogen-bond donors (Lipinski definition) is 1. The summed E-state index contributed by atoms with van der Waals surface area (Å²) in [5.41, 5.74) is 2.00. The van der Waals surface area contributed by atoms with E-state index < -0.39 is 5.97 Å². The fraction of sp³-hybridized carbons (Fsp3) is 0.381. The fourth-order valence-electron chi connectivity index (χ4n) is 3.80. The summed E-state index contributed by atoms with van der Waals surface area (Å²) >= 11 is 3.49. The van der Waals surface area contributed by atoms with Crippen LogP contribution in [0.3, 0.4) is 0 Å². The number of carboxylic acid groups (broad SMARTS) is 1. The quantitative estimate of drug-likeness (QED) is 0.733. The standard InChI is InChI=1S/C21H24BrNO4/c1-26-17-6-3-7-18(27-2)19(17)20(14-8-10-16(22)11-9-14)23-12-4-5-15(13-23)21(24)25/h3,6-11,15,20H,4-5,12-13H2,1-2H3,(H,24,25). The predicted octanol–water partition coefficient (Wildman–Crippen LogP) is 4.35. The van der Waals surface area contributed by atoms with Crippen LogP contribution in [-0.4, -0.2) is 43.3 Å². The fourth-order valence-corrected chi connectivity index (χ4v) is 4.06. The van der Waals surface area contributed by atoms with Crippen LogP contribution in [0, 0.1) is 5.92 Å². The highest BCUT2D eigenvalue weighted by Gasteiger charge is 2.34. The molecule has 1 saturated heterocycles. The Morgan fingerprint density at radius 1 is 1.15 bits per heavy atom. The van der Waals surface area contributed by atoms with Crippen molar-refractivity contribution in [1.29, 1.82) is 0 Å². The summed E-state index contributed by atoms with van der Waals surface area (Å²) in [4.78, 5) is 13.8. The Bertz CT molecular complexity index is 771. The summed E-state index contributed by atoms with van der Waals surface area (Å²) in [6.07, 6.45) is 1.56. The van der Waals surface area contributed by atoms with Crippen LogP contribution in [0.25, 0.3) is 0 Å². The van der Waals surface area contributed by atoms with Gasteiger partial charge in [0.15, 0.2) is 0 Å². The molecule has 1 aliphatic heterocycles. The summed E-state index contributed by atoms with van der Waals surface area (Å²) in [5, 5.41) is 9.53. The molecule has 2 unspecified atom stereocenters. The Balaban J connectivity index is 2.11. The number of halogens is 1. The predicted molar refractivity (Wildman–Crippen MR) is 107 cm³/mol. The van der Waals surface area contributed by atoms with E-state index in [0.717, 1.165) is 40.1 Å². The van der Waals surface area contributed by atoms with Crippen molar-refractivity contribution < 1.29 is 19.4 Å². The maximum Gasteiger partial charge on any atom is 0.307 e. The third-order valence-electron chi connectivity index (χ3n) is 5.09. The molecule has 0 radical (unpaired) electrons. The summed E-state index contributed by atoms with van der Waals surface area (Å²) in [5.74, 6) is 0.373. The second kappa shape index (κ2) is 8.76. The van der Waals surface area contributed by atoms with Crippen molar-refractivity contribution in [2.24, 2.45) is 5.92 Å². The molecule has 144 valence electrons. The summed E-state index contributed by atoms with van der Waals surface area (Å²) < 4.78 is 12.3. The Morgan fingerprint density at radius 3 is 2.33 bits per heavy atom. The van der Waals surface area contributed by atoms with Crippen molar-refractivity contribution in [2.75, 3.05) is 27.3 Å². The van der Waals surface area contributed by atoms with Crippen molar-refractivity contribution in [2.45, 2.75) is 18.9 Å². The first kappa shape index (κ1) is 19.7. The van der Waals surface area contributed by atoms with Gasteiger partial charge in [0.25, 0.3) is 0 Å². The van der Waals surface area contributed by atoms with Gasteiger partial charge in [-0.2, -0.15) is 0 Å². The van der Waals surface area contributed by atoms with Gasteiger partial charge in [0.05, 0.1) is 31.7 Å². The molecule has 2 aromatic rings. The van der Waals surface area contributed by atoms with Crippen molar-refractivity contribution in [3.05, 3.63) is 58.1 Å². The van der Waals surface area contributed by atoms with Gasteiger partial charge in [0.1, 0.15) is 11.5 Å². The SMILES string of the molecule is COc1cccc(OC)c1C(c1ccc(Br)cc1)N1CCCC(C(=O)O)C1. The Morgan fingerprint density at radius 2 is 1.78 bits per heavy atom. The number of hydrogen-bond acceptors (Lipinski definition) is 4. The molecule has 0 aliphatic carbocycles. The molecule has 1 heterocycles. The number of benzene rings is 2. The summed E-state index contributed by atoms with van der Waals surface area (Å²) in [6.45, 7) is 1.32. The number of rotatable bonds is 6. The number of methoxy groups -OCH3 is 2. The lowest BCUT2D eigenvalue weighted by Crippen LogP contribution is -2.41. The van der Waals surface area contributed by atoms with Crippen LogP contribution in [0.2, 0.25) is 0 Å². The van der Waals surface area contributed by atoms with E-state index >= 15 is 0 Å². The van der Waals surface area contributed by atoms with Gasteiger partial charge in [-0.3, -0.25) is 9.69 Å². The molecule has 0 aromatic heterocycles. The van der Waals surface area contributed by atoms with Gasteiger partial charge in [0, 0.05) is 11.0 Å². The van der Waals surface area contributed by atoms with E-state index in [1.807, 2.05) is 30.3 Å². The van der Waals surface area contributed by atoms with E-state index in [0.29, 0.717) is 13.0 Å². The first-order chi connectivity index (χ1) is 13.0. The third-order valence-corrected chi connectivity index (χ3v) is 5.62. The average molecular weight is 434 g/mol. The van der Waals surface area contributed by atoms with Gasteiger partial charge in [0.2, 0.25) is 0 Å². The monoisotopic (exact) mass is 433 g/mol. The zero-order chi connectivity index (χ0) is 19.4. The molecule has 0 bridgehead atoms. The van der Waals surface area contributed by atoms with Crippen molar-refractivity contribution in [3.8, 4) is 11.5 Å². The minimum atomic E-state index is -0.735. The molecule has 0 amide bonds. The largest absolute Gasteiger partial charge is 0.496 e. The first-order valence-corrected chi connectivity index (χ1v) is 9.77. The van der Waals surface area contributed by atoms with E-state index in [2.05, 4.69) is 33.0 Å². The lowest BCUT2D eigenvalue weighted by molar-refractivity contribution is -0.143. The lowest BCUT2D eigenvalue weighted by Gasteiger charge is -2.38. The Labute approximate surface area is 168 Å². The van der Waals surface area contributed by atoms with Crippen LogP contribution in [0.15, 0.2) is 46.9 Å². The van der Waals surface area contributed by atoms with Crippen LogP contribution < -0.4 is 9.47 Å². The minimum absolute atomic E-state index is 0.147. The molecule has 0 saturated carbocycles. The van der Waals surface area contributed by atoms with E-state index in [1.54, 1.807) is 14.2 Å². The van der Waals surface area contributed by atoms with E-state index in [4.69, 9.17) is 9.47 Å². The van der Waals surface area contributed by atoms with Gasteiger partial charge in [-0.1, -0.05) is 34.1 Å². The zero-order valence-electron chi connectivity index (χ0n) is 15.5. The Kier molecular flexibility index (Phi) is 6.39. The van der Waals surface area contributed by atoms with Crippen LogP contribution in [-0.2, 0) is 4.79 Å². The molecule has 6 heteroatoms. The van der Waals surface area contributed by atoms with Crippen LogP contribution >= 0.6 is 15.9 Å². The molecule has 5 nitrogen and oxygen atoms in total. The number of carboxylic acids is 1. The number of likely N-dealkylation sites (tertiary alicyclic amines) is 1. The minimum Gasteiger partial charge on any atom is -0.496 e. The second-order valence-corrected chi connectivity index (χ2v) is 7.62. The molecule has 1 N–H and O–H groups in total. The smallest absolute Gasteiger partial charge is 0.307 e. The summed E-state index contributed by atoms with van der Waals surface area (Å²) in [6, 6.07) is 13.7. The first-order valence-electron chi connectivity index (χ1n) is 8.98. The van der Waals surface area contributed by atoms with Gasteiger partial charge in [-0.15, -0.1) is 0 Å². The molecule has 1 aliphatic rings. The molecule has 0 spiro atoms. The van der Waals surface area contributed by atoms with Crippen molar-refractivity contribution in [3.63, 3.8) is 0 Å². The van der Waals surface area contributed by atoms with E-state index in [9.17, 15) is 9.90 Å². The summed E-state index contributed by atoms with van der Waals surface area (Å²) in [7, 11) is 3.29. The molecule has 27 heavy (non-hydrogen) atoms. The molecule has 1 fully saturated rings. The number of ether oxygens (including phenoxy) is 2. The zero-order valence-corrected chi connectivity index (χ0v) is 17.1. The highest BCUT2D eigenvalue weighted by atomic mass is 79.9. The molecular weight excluding hydrogens is 410 g/mol. The lowest BCUT2D eigenvalue weighted by atomic mass is 9.90. The molecule has 2 atom stereocenters. The van der Waals surface area contributed by atoms with Gasteiger partial charge < -0.3 is 14.6 Å². The molecular formula is C21H24BrNO4. The average Bonchev–Trinajstić information content (AvgIpc) is 2.70. The maximum atomic E-state index is 11.6. The van der Waals surface area contributed by atoms with Gasteiger partial charge >= 0.3 is 5.97 Å². The highest BCUT2D eigenvalue weighted by molar-refractivity contribution is 9.10. The molecule has 2 aromatic carbocycles. The number of piperidine rings is 1. The normalized spacial score (nSPS) is 18.7. The topological polar surface area (TPSA) is 59.0 Å². The van der Waals surface area contributed by atoms with Crippen LogP contribution in [0.1, 0.15) is 30.0 Å². The van der Waals surface area contributed by atoms with Gasteiger partial charge in [-0.05, 0) is 49.2 Å². The van der Waals surface area contributed by atoms with Crippen molar-refractivity contribution in [1.82, 2.24) is 4.90 Å². The number of aliphatic carboxylic acids is 1. The Hall–Kier alpha value is -2.05. The van der Waals surface area contributed by atoms with Gasteiger partial charge in [-0.25, -0.2) is 0 Å². The highest BCUT2D eigenvalue weighted by Crippen LogP contribution is 2.42. The van der Waals surface area contributed by atoms with Crippen molar-refractivity contribution >= 4 is 21.9 Å². The third kappa shape index (κ3) is 4.28. The molecule has 3 rings (SSSR count). The van der Waals surface area contributed by atoms with Crippen LogP contribution in [0.4, 0.5) is 0 Å². The number of carbonyl (C=O) groups is 1. The number of nitrogens with zero attached hydrogens (tertiary/aromatic N) is 1.